The summed E-state index contributed by atoms with van der Waals surface area (Å²) < 4.78 is 0. The van der Waals surface area contributed by atoms with Gasteiger partial charge in [-0.1, -0.05) is 121 Å². The predicted molar refractivity (Wildman–Crippen MR) is 143 cm³/mol. The molecule has 2 nitrogen and oxygen atoms in total. The molecule has 0 bridgehead atoms. The number of rotatable bonds is 2. The van der Waals surface area contributed by atoms with Gasteiger partial charge in [0.05, 0.1) is 11.4 Å². The van der Waals surface area contributed by atoms with Gasteiger partial charge in [-0.05, 0) is 30.2 Å². The Bertz CT molecular complexity index is 722. The van der Waals surface area contributed by atoms with E-state index in [0.29, 0.717) is 0 Å². The van der Waals surface area contributed by atoms with Crippen molar-refractivity contribution in [1.29, 1.82) is 0 Å². The van der Waals surface area contributed by atoms with Crippen molar-refractivity contribution in [2.75, 3.05) is 0 Å². The van der Waals surface area contributed by atoms with Gasteiger partial charge in [0, 0.05) is 23.5 Å². The van der Waals surface area contributed by atoms with Crippen LogP contribution in [0.4, 0.5) is 0 Å². The van der Waals surface area contributed by atoms with Crippen LogP contribution in [0.2, 0.25) is 0 Å². The van der Waals surface area contributed by atoms with E-state index in [4.69, 9.17) is 0 Å². The van der Waals surface area contributed by atoms with E-state index in [2.05, 4.69) is 55.0 Å². The molecule has 32 heavy (non-hydrogen) atoms. The Morgan fingerprint density at radius 1 is 0.438 bits per heavy atom. The predicted octanol–water partition coefficient (Wildman–Crippen LogP) is 9.21. The van der Waals surface area contributed by atoms with Crippen molar-refractivity contribution in [3.63, 3.8) is 0 Å². The highest BCUT2D eigenvalue weighted by Crippen LogP contribution is 2.15. The van der Waals surface area contributed by atoms with Crippen molar-refractivity contribution in [1.82, 2.24) is 9.97 Å². The lowest BCUT2D eigenvalue weighted by atomic mass is 10.1. The van der Waals surface area contributed by atoms with Gasteiger partial charge >= 0.3 is 0 Å². The normalized spacial score (nSPS) is 8.75. The summed E-state index contributed by atoms with van der Waals surface area (Å²) in [6.45, 7) is 14.5. The average Bonchev–Trinajstić information content (AvgIpc) is 2.89. The Morgan fingerprint density at radius 2 is 0.719 bits per heavy atom. The van der Waals surface area contributed by atoms with Crippen molar-refractivity contribution < 1.29 is 0 Å². The van der Waals surface area contributed by atoms with Crippen LogP contribution in [0.3, 0.4) is 0 Å². The summed E-state index contributed by atoms with van der Waals surface area (Å²) in [5, 5.41) is 0. The first kappa shape index (κ1) is 28.7. The van der Waals surface area contributed by atoms with Gasteiger partial charge in [0.25, 0.3) is 0 Å². The molecule has 0 N–H and O–H groups in total. The molecule has 0 atom stereocenters. The van der Waals surface area contributed by atoms with Crippen molar-refractivity contribution in [3.05, 3.63) is 109 Å². The zero-order chi connectivity index (χ0) is 24.0. The number of hydrogen-bond acceptors (Lipinski definition) is 2. The number of benzene rings is 2. The van der Waals surface area contributed by atoms with Crippen LogP contribution in [0.25, 0.3) is 22.5 Å². The van der Waals surface area contributed by atoms with Gasteiger partial charge in [0.1, 0.15) is 0 Å². The average molecular weight is 429 g/mol. The van der Waals surface area contributed by atoms with Crippen molar-refractivity contribution in [2.24, 2.45) is 5.92 Å². The first-order chi connectivity index (χ1) is 15.7. The second-order valence-corrected chi connectivity index (χ2v) is 6.89. The van der Waals surface area contributed by atoms with Crippen LogP contribution < -0.4 is 0 Å². The van der Waals surface area contributed by atoms with E-state index in [-0.39, 0.29) is 0 Å². The van der Waals surface area contributed by atoms with E-state index in [1.807, 2.05) is 113 Å². The fourth-order valence-corrected chi connectivity index (χ4v) is 2.28. The Hall–Kier alpha value is -3.26. The highest BCUT2D eigenvalue weighted by molar-refractivity contribution is 5.58. The second-order valence-electron chi connectivity index (χ2n) is 6.89. The van der Waals surface area contributed by atoms with E-state index < -0.39 is 0 Å². The topological polar surface area (TPSA) is 25.8 Å². The molecule has 0 saturated carbocycles. The molecule has 0 saturated heterocycles. The second kappa shape index (κ2) is 19.7. The Labute approximate surface area is 196 Å². The fourth-order valence-electron chi connectivity index (χ4n) is 2.28. The van der Waals surface area contributed by atoms with Gasteiger partial charge in [-0.15, -0.1) is 0 Å². The summed E-state index contributed by atoms with van der Waals surface area (Å²) in [5.74, 6) is 0.833. The maximum Gasteiger partial charge on any atom is 0.0701 e. The minimum Gasteiger partial charge on any atom is -0.256 e. The first-order valence-corrected chi connectivity index (χ1v) is 11.6. The lowest BCUT2D eigenvalue weighted by Crippen LogP contribution is -1.79. The molecule has 4 rings (SSSR count). The summed E-state index contributed by atoms with van der Waals surface area (Å²) >= 11 is 0. The molecule has 2 aromatic carbocycles. The van der Waals surface area contributed by atoms with Crippen LogP contribution >= 0.6 is 0 Å². The highest BCUT2D eigenvalue weighted by atomic mass is 14.7. The van der Waals surface area contributed by atoms with Crippen LogP contribution in [-0.2, 0) is 0 Å². The largest absolute Gasteiger partial charge is 0.256 e. The summed E-state index contributed by atoms with van der Waals surface area (Å²) in [4.78, 5) is 8.50. The number of nitrogens with zero attached hydrogens (tertiary/aromatic N) is 2. The fraction of sp³-hybridized carbons (Fsp3) is 0.267. The third-order valence-corrected chi connectivity index (χ3v) is 3.47. The molecule has 0 aliphatic heterocycles. The minimum absolute atomic E-state index is 0.833. The summed E-state index contributed by atoms with van der Waals surface area (Å²) in [7, 11) is 0. The molecule has 2 heteroatoms. The molecule has 0 amide bonds. The SMILES string of the molecule is CC.CC.CC(C)C.c1ccc(-c2ccccn2)cc1.c1ccc(-c2ccccn2)cc1. The number of pyridine rings is 2. The standard InChI is InChI=1S/2C11H9N.C4H10.2C2H6/c2*1-2-6-10(7-3-1)11-8-4-5-9-12-11;1-4(2)3;2*1-2/h2*1-9H;4H,1-3H3;2*1-2H3. The Morgan fingerprint density at radius 3 is 0.969 bits per heavy atom. The maximum absolute atomic E-state index is 4.25. The van der Waals surface area contributed by atoms with Gasteiger partial charge in [0.2, 0.25) is 0 Å². The smallest absolute Gasteiger partial charge is 0.0701 e. The molecule has 4 aromatic rings. The molecular weight excluding hydrogens is 388 g/mol. The summed E-state index contributed by atoms with van der Waals surface area (Å²) in [5.41, 5.74) is 4.38. The van der Waals surface area contributed by atoms with Crippen molar-refractivity contribution in [2.45, 2.75) is 48.5 Å². The Kier molecular flexibility index (Phi) is 17.7. The van der Waals surface area contributed by atoms with Crippen molar-refractivity contribution >= 4 is 0 Å². The summed E-state index contributed by atoms with van der Waals surface area (Å²) in [6.07, 6.45) is 3.62. The summed E-state index contributed by atoms with van der Waals surface area (Å²) in [6, 6.07) is 32.2. The number of hydrogen-bond donors (Lipinski definition) is 0. The molecule has 0 radical (unpaired) electrons. The molecule has 0 aliphatic rings. The van der Waals surface area contributed by atoms with E-state index >= 15 is 0 Å². The minimum atomic E-state index is 0.833. The zero-order valence-electron chi connectivity index (χ0n) is 20.9. The van der Waals surface area contributed by atoms with Crippen LogP contribution in [-0.4, -0.2) is 9.97 Å². The molecule has 170 valence electrons. The van der Waals surface area contributed by atoms with Gasteiger partial charge in [-0.3, -0.25) is 9.97 Å². The van der Waals surface area contributed by atoms with Gasteiger partial charge in [-0.25, -0.2) is 0 Å². The number of aromatic nitrogens is 2. The molecule has 2 aromatic heterocycles. The molecule has 0 spiro atoms. The first-order valence-electron chi connectivity index (χ1n) is 11.6. The van der Waals surface area contributed by atoms with Gasteiger partial charge in [-0.2, -0.15) is 0 Å². The highest BCUT2D eigenvalue weighted by Gasteiger charge is 1.94. The van der Waals surface area contributed by atoms with Gasteiger partial charge < -0.3 is 0 Å². The van der Waals surface area contributed by atoms with Crippen molar-refractivity contribution in [3.8, 4) is 22.5 Å². The Balaban J connectivity index is 0.000000457. The van der Waals surface area contributed by atoms with E-state index in [0.717, 1.165) is 28.4 Å². The molecule has 0 fully saturated rings. The molecular formula is C30H40N2. The molecule has 0 aliphatic carbocycles. The van der Waals surface area contributed by atoms with Gasteiger partial charge in [0.15, 0.2) is 0 Å². The van der Waals surface area contributed by atoms with E-state index in [1.54, 1.807) is 0 Å². The third kappa shape index (κ3) is 13.1. The quantitative estimate of drug-likeness (QED) is 0.318. The van der Waals surface area contributed by atoms with E-state index in [9.17, 15) is 0 Å². The zero-order valence-corrected chi connectivity index (χ0v) is 20.9. The monoisotopic (exact) mass is 428 g/mol. The van der Waals surface area contributed by atoms with Crippen LogP contribution in [0.1, 0.15) is 48.5 Å². The molecule has 2 heterocycles. The maximum atomic E-state index is 4.25. The van der Waals surface area contributed by atoms with Crippen LogP contribution in [0, 0.1) is 5.92 Å². The lowest BCUT2D eigenvalue weighted by Gasteiger charge is -1.97. The van der Waals surface area contributed by atoms with Crippen LogP contribution in [0.15, 0.2) is 109 Å². The third-order valence-electron chi connectivity index (χ3n) is 3.47. The van der Waals surface area contributed by atoms with E-state index in [1.165, 1.54) is 0 Å². The molecule has 0 unspecified atom stereocenters. The lowest BCUT2D eigenvalue weighted by molar-refractivity contribution is 0.737. The van der Waals surface area contributed by atoms with Crippen LogP contribution in [0.5, 0.6) is 0 Å².